The number of anilines is 1. The molecule has 1 amide bonds. The summed E-state index contributed by atoms with van der Waals surface area (Å²) >= 11 is 0. The maximum Gasteiger partial charge on any atom is 0.224 e. The average molecular weight is 378 g/mol. The molecule has 0 radical (unpaired) electrons. The number of aryl methyl sites for hydroxylation is 1. The number of ether oxygens (including phenoxy) is 2. The zero-order chi connectivity index (χ0) is 19.3. The zero-order valence-corrected chi connectivity index (χ0v) is 15.7. The van der Waals surface area contributed by atoms with Gasteiger partial charge in [0.1, 0.15) is 12.4 Å². The number of nitrogens with one attached hydrogen (secondary N) is 2. The van der Waals surface area contributed by atoms with E-state index in [4.69, 9.17) is 9.47 Å². The van der Waals surface area contributed by atoms with Crippen molar-refractivity contribution < 1.29 is 14.3 Å². The topological polar surface area (TPSA) is 89.1 Å². The Balaban J connectivity index is 1.36. The molecule has 7 nitrogen and oxygen atoms in total. The number of rotatable bonds is 7. The quantitative estimate of drug-likeness (QED) is 0.659. The first-order valence-corrected chi connectivity index (χ1v) is 9.26. The van der Waals surface area contributed by atoms with Crippen molar-refractivity contribution >= 4 is 11.6 Å². The van der Waals surface area contributed by atoms with Gasteiger partial charge in [-0.05, 0) is 35.7 Å². The van der Waals surface area contributed by atoms with Crippen molar-refractivity contribution in [3.8, 4) is 17.1 Å². The molecule has 3 aromatic rings. The highest BCUT2D eigenvalue weighted by Crippen LogP contribution is 2.26. The summed E-state index contributed by atoms with van der Waals surface area (Å²) in [7, 11) is 1.61. The van der Waals surface area contributed by atoms with E-state index in [1.165, 1.54) is 5.56 Å². The molecule has 1 aliphatic rings. The molecule has 28 heavy (non-hydrogen) atoms. The van der Waals surface area contributed by atoms with E-state index in [-0.39, 0.29) is 5.91 Å². The summed E-state index contributed by atoms with van der Waals surface area (Å²) in [6.45, 7) is 1.12. The Morgan fingerprint density at radius 3 is 3.11 bits per heavy atom. The number of carbonyl (C=O) groups excluding carboxylic acids is 1. The maximum atomic E-state index is 12.4. The van der Waals surface area contributed by atoms with Crippen LogP contribution in [0.2, 0.25) is 0 Å². The van der Waals surface area contributed by atoms with Crippen LogP contribution in [0.4, 0.5) is 5.69 Å². The van der Waals surface area contributed by atoms with Crippen LogP contribution in [0.25, 0.3) is 11.4 Å². The molecular weight excluding hydrogens is 356 g/mol. The number of hydrogen-bond acceptors (Lipinski definition) is 5. The third kappa shape index (κ3) is 4.20. The number of methoxy groups -OCH3 is 1. The minimum Gasteiger partial charge on any atom is -0.493 e. The molecule has 4 rings (SSSR count). The average Bonchev–Trinajstić information content (AvgIpc) is 3.36. The highest BCUT2D eigenvalue weighted by Gasteiger charge is 2.13. The van der Waals surface area contributed by atoms with Gasteiger partial charge in [-0.1, -0.05) is 24.3 Å². The summed E-state index contributed by atoms with van der Waals surface area (Å²) in [6.07, 6.45) is 2.05. The molecule has 0 aliphatic carbocycles. The number of amides is 1. The summed E-state index contributed by atoms with van der Waals surface area (Å²) in [5, 5.41) is 9.98. The minimum absolute atomic E-state index is 0.0241. The SMILES string of the molecule is COCc1nc(-c2cccc(NC(=O)CCc3ccc4c(c3)CCO4)c2)n[nH]1. The van der Waals surface area contributed by atoms with Crippen LogP contribution in [0.15, 0.2) is 42.5 Å². The fourth-order valence-corrected chi connectivity index (χ4v) is 3.24. The fraction of sp³-hybridized carbons (Fsp3) is 0.286. The molecule has 0 spiro atoms. The lowest BCUT2D eigenvalue weighted by molar-refractivity contribution is -0.116. The van der Waals surface area contributed by atoms with Crippen LogP contribution >= 0.6 is 0 Å². The molecule has 2 aromatic carbocycles. The van der Waals surface area contributed by atoms with Gasteiger partial charge in [-0.3, -0.25) is 9.89 Å². The van der Waals surface area contributed by atoms with Gasteiger partial charge < -0.3 is 14.8 Å². The van der Waals surface area contributed by atoms with Gasteiger partial charge in [0.15, 0.2) is 11.6 Å². The molecule has 144 valence electrons. The summed E-state index contributed by atoms with van der Waals surface area (Å²) in [5.74, 6) is 2.17. The summed E-state index contributed by atoms with van der Waals surface area (Å²) in [4.78, 5) is 16.7. The minimum atomic E-state index is -0.0241. The van der Waals surface area contributed by atoms with Crippen LogP contribution < -0.4 is 10.1 Å². The van der Waals surface area contributed by atoms with E-state index in [1.54, 1.807) is 7.11 Å². The second-order valence-corrected chi connectivity index (χ2v) is 6.71. The Labute approximate surface area is 163 Å². The predicted octanol–water partition coefficient (Wildman–Crippen LogP) is 3.12. The summed E-state index contributed by atoms with van der Waals surface area (Å²) in [6, 6.07) is 13.7. The molecule has 0 saturated heterocycles. The first kappa shape index (κ1) is 18.2. The third-order valence-corrected chi connectivity index (χ3v) is 4.61. The molecule has 0 unspecified atom stereocenters. The molecule has 0 atom stereocenters. The van der Waals surface area contributed by atoms with Gasteiger partial charge in [-0.25, -0.2) is 4.98 Å². The molecule has 0 fully saturated rings. The van der Waals surface area contributed by atoms with Crippen molar-refractivity contribution in [2.75, 3.05) is 19.0 Å². The predicted molar refractivity (Wildman–Crippen MR) is 105 cm³/mol. The third-order valence-electron chi connectivity index (χ3n) is 4.61. The van der Waals surface area contributed by atoms with Crippen molar-refractivity contribution in [1.82, 2.24) is 15.2 Å². The number of fused-ring (bicyclic) bond motifs is 1. The van der Waals surface area contributed by atoms with Gasteiger partial charge in [0.2, 0.25) is 5.91 Å². The van der Waals surface area contributed by atoms with E-state index in [1.807, 2.05) is 36.4 Å². The van der Waals surface area contributed by atoms with Crippen molar-refractivity contribution in [3.63, 3.8) is 0 Å². The largest absolute Gasteiger partial charge is 0.493 e. The number of aromatic nitrogens is 3. The number of aromatic amines is 1. The van der Waals surface area contributed by atoms with E-state index in [9.17, 15) is 4.79 Å². The highest BCUT2D eigenvalue weighted by molar-refractivity contribution is 5.91. The van der Waals surface area contributed by atoms with Gasteiger partial charge in [0.25, 0.3) is 0 Å². The van der Waals surface area contributed by atoms with E-state index in [2.05, 4.69) is 26.6 Å². The maximum absolute atomic E-state index is 12.4. The molecule has 0 saturated carbocycles. The number of carbonyl (C=O) groups is 1. The Morgan fingerprint density at radius 1 is 1.29 bits per heavy atom. The number of nitrogens with zero attached hydrogens (tertiary/aromatic N) is 2. The van der Waals surface area contributed by atoms with Crippen LogP contribution in [0.5, 0.6) is 5.75 Å². The molecule has 2 heterocycles. The van der Waals surface area contributed by atoms with Gasteiger partial charge in [-0.15, -0.1) is 0 Å². The molecular formula is C21H22N4O3. The first-order chi connectivity index (χ1) is 13.7. The Hall–Kier alpha value is -3.19. The number of H-pyrrole nitrogens is 1. The zero-order valence-electron chi connectivity index (χ0n) is 15.7. The number of benzene rings is 2. The first-order valence-electron chi connectivity index (χ1n) is 9.26. The van der Waals surface area contributed by atoms with Gasteiger partial charge in [-0.2, -0.15) is 5.10 Å². The molecule has 1 aromatic heterocycles. The van der Waals surface area contributed by atoms with Crippen LogP contribution in [-0.4, -0.2) is 34.8 Å². The van der Waals surface area contributed by atoms with Crippen molar-refractivity contribution in [1.29, 1.82) is 0 Å². The lowest BCUT2D eigenvalue weighted by atomic mass is 10.0. The summed E-state index contributed by atoms with van der Waals surface area (Å²) in [5.41, 5.74) is 3.93. The molecule has 7 heteroatoms. The number of hydrogen-bond donors (Lipinski definition) is 2. The van der Waals surface area contributed by atoms with E-state index < -0.39 is 0 Å². The van der Waals surface area contributed by atoms with Crippen molar-refractivity contribution in [2.24, 2.45) is 0 Å². The molecule has 2 N–H and O–H groups in total. The van der Waals surface area contributed by atoms with E-state index in [0.717, 1.165) is 35.6 Å². The van der Waals surface area contributed by atoms with Gasteiger partial charge >= 0.3 is 0 Å². The smallest absolute Gasteiger partial charge is 0.224 e. The Kier molecular flexibility index (Phi) is 5.34. The van der Waals surface area contributed by atoms with Crippen LogP contribution in [0.1, 0.15) is 23.4 Å². The van der Waals surface area contributed by atoms with Crippen molar-refractivity contribution in [2.45, 2.75) is 25.9 Å². The van der Waals surface area contributed by atoms with Crippen LogP contribution in [0, 0.1) is 0 Å². The molecule has 0 bridgehead atoms. The second-order valence-electron chi connectivity index (χ2n) is 6.71. The van der Waals surface area contributed by atoms with Crippen molar-refractivity contribution in [3.05, 3.63) is 59.4 Å². The Morgan fingerprint density at radius 2 is 2.21 bits per heavy atom. The monoisotopic (exact) mass is 378 g/mol. The molecule has 1 aliphatic heterocycles. The Bertz CT molecular complexity index is 983. The van der Waals surface area contributed by atoms with E-state index >= 15 is 0 Å². The highest BCUT2D eigenvalue weighted by atomic mass is 16.5. The fourth-order valence-electron chi connectivity index (χ4n) is 3.24. The lowest BCUT2D eigenvalue weighted by Crippen LogP contribution is -2.12. The standard InChI is InChI=1S/C21H22N4O3/c1-27-13-19-23-21(25-24-19)16-3-2-4-17(12-16)22-20(26)8-6-14-5-7-18-15(11-14)9-10-28-18/h2-5,7,11-12H,6,8-10,13H2,1H3,(H,22,26)(H,23,24,25). The van der Waals surface area contributed by atoms with Crippen LogP contribution in [-0.2, 0) is 29.0 Å². The van der Waals surface area contributed by atoms with Crippen LogP contribution in [0.3, 0.4) is 0 Å². The summed E-state index contributed by atoms with van der Waals surface area (Å²) < 4.78 is 10.6. The lowest BCUT2D eigenvalue weighted by Gasteiger charge is -2.07. The normalized spacial score (nSPS) is 12.5. The van der Waals surface area contributed by atoms with Gasteiger partial charge in [0, 0.05) is 31.2 Å². The van der Waals surface area contributed by atoms with Gasteiger partial charge in [0.05, 0.1) is 6.61 Å². The second kappa shape index (κ2) is 8.22. The van der Waals surface area contributed by atoms with E-state index in [0.29, 0.717) is 31.1 Å².